The van der Waals surface area contributed by atoms with Crippen LogP contribution in [-0.4, -0.2) is 33.0 Å². The van der Waals surface area contributed by atoms with Crippen molar-refractivity contribution in [1.29, 1.82) is 0 Å². The number of carbonyl (C=O) groups excluding carboxylic acids is 1. The molecule has 0 bridgehead atoms. The molecule has 1 aromatic rings. The number of aryl methyl sites for hydroxylation is 1. The third kappa shape index (κ3) is 2.22. The smallest absolute Gasteiger partial charge is 0.269 e. The Morgan fingerprint density at radius 1 is 1.86 bits per heavy atom. The topological polar surface area (TPSA) is 106 Å². The van der Waals surface area contributed by atoms with Crippen molar-refractivity contribution in [2.75, 3.05) is 6.54 Å². The summed E-state index contributed by atoms with van der Waals surface area (Å²) in [4.78, 5) is 15.2. The second-order valence-corrected chi connectivity index (χ2v) is 2.66. The summed E-state index contributed by atoms with van der Waals surface area (Å²) in [5.41, 5.74) is 5.59. The Balaban J connectivity index is 2.56. The van der Waals surface area contributed by atoms with Crippen molar-refractivity contribution in [3.05, 3.63) is 18.2 Å². The zero-order valence-corrected chi connectivity index (χ0v) is 7.64. The first-order valence-corrected chi connectivity index (χ1v) is 3.86. The number of nitrogens with one attached hydrogen (secondary N) is 1. The van der Waals surface area contributed by atoms with Gasteiger partial charge in [0, 0.05) is 7.05 Å². The Kier molecular flexibility index (Phi) is 3.05. The summed E-state index contributed by atoms with van der Waals surface area (Å²) < 4.78 is 1.57. The first-order valence-electron chi connectivity index (χ1n) is 3.86. The second kappa shape index (κ2) is 4.26. The summed E-state index contributed by atoms with van der Waals surface area (Å²) in [7, 11) is 1.70. The average Bonchev–Trinajstić information content (AvgIpc) is 2.60. The number of carbonyl (C=O) groups is 1. The van der Waals surface area contributed by atoms with Gasteiger partial charge in [-0.25, -0.2) is 4.98 Å². The van der Waals surface area contributed by atoms with Gasteiger partial charge in [-0.2, -0.15) is 0 Å². The maximum absolute atomic E-state index is 11.4. The summed E-state index contributed by atoms with van der Waals surface area (Å²) in [6.07, 6.45) is 2.94. The number of hydrogen-bond donors (Lipinski definition) is 3. The number of imidazole rings is 1. The Morgan fingerprint density at radius 3 is 3.07 bits per heavy atom. The number of nitrogens with zero attached hydrogens (tertiary/aromatic N) is 3. The highest BCUT2D eigenvalue weighted by atomic mass is 16.4. The van der Waals surface area contributed by atoms with Crippen LogP contribution in [0.1, 0.15) is 10.5 Å². The van der Waals surface area contributed by atoms with Crippen molar-refractivity contribution in [1.82, 2.24) is 14.9 Å². The van der Waals surface area contributed by atoms with E-state index in [0.717, 1.165) is 0 Å². The predicted molar refractivity (Wildman–Crippen MR) is 49.0 cm³/mol. The maximum atomic E-state index is 11.4. The van der Waals surface area contributed by atoms with Crippen LogP contribution in [0.5, 0.6) is 0 Å². The van der Waals surface area contributed by atoms with Crippen LogP contribution in [0.15, 0.2) is 17.7 Å². The average molecular weight is 197 g/mol. The van der Waals surface area contributed by atoms with Gasteiger partial charge in [-0.15, -0.1) is 0 Å². The van der Waals surface area contributed by atoms with Gasteiger partial charge in [0.25, 0.3) is 5.91 Å². The van der Waals surface area contributed by atoms with Gasteiger partial charge in [-0.05, 0) is 0 Å². The minimum atomic E-state index is -0.323. The van der Waals surface area contributed by atoms with Crippen molar-refractivity contribution in [2.45, 2.75) is 0 Å². The van der Waals surface area contributed by atoms with Crippen molar-refractivity contribution >= 4 is 11.7 Å². The van der Waals surface area contributed by atoms with Crippen LogP contribution in [-0.2, 0) is 7.05 Å². The van der Waals surface area contributed by atoms with Crippen LogP contribution in [0, 0.1) is 0 Å². The van der Waals surface area contributed by atoms with Gasteiger partial charge in [-0.1, -0.05) is 5.16 Å². The molecule has 14 heavy (non-hydrogen) atoms. The Labute approximate surface area is 80.2 Å². The molecule has 0 saturated carbocycles. The molecule has 0 atom stereocenters. The van der Waals surface area contributed by atoms with E-state index in [1.165, 1.54) is 12.5 Å². The molecule has 1 aromatic heterocycles. The molecule has 0 fully saturated rings. The minimum absolute atomic E-state index is 0.000509. The highest BCUT2D eigenvalue weighted by Crippen LogP contribution is 1.94. The molecule has 7 heteroatoms. The standard InChI is InChI=1S/C7H11N5O2/c1-12-4-9-2-5(12)7(13)10-3-6(8)11-14/h2,4,14H,3H2,1H3,(H2,8,11)(H,10,13). The van der Waals surface area contributed by atoms with Gasteiger partial charge in [0.05, 0.1) is 19.1 Å². The molecular weight excluding hydrogens is 186 g/mol. The van der Waals surface area contributed by atoms with Crippen LogP contribution < -0.4 is 11.1 Å². The summed E-state index contributed by atoms with van der Waals surface area (Å²) >= 11 is 0. The third-order valence-corrected chi connectivity index (χ3v) is 1.61. The van der Waals surface area contributed by atoms with E-state index in [-0.39, 0.29) is 18.3 Å². The van der Waals surface area contributed by atoms with E-state index in [9.17, 15) is 4.79 Å². The van der Waals surface area contributed by atoms with Gasteiger partial charge in [-0.3, -0.25) is 4.79 Å². The molecule has 0 unspecified atom stereocenters. The summed E-state index contributed by atoms with van der Waals surface area (Å²) in [6.45, 7) is 0.000509. The second-order valence-electron chi connectivity index (χ2n) is 2.66. The number of amides is 1. The fourth-order valence-electron chi connectivity index (χ4n) is 0.873. The highest BCUT2D eigenvalue weighted by molar-refractivity contribution is 5.95. The van der Waals surface area contributed by atoms with Crippen LogP contribution >= 0.6 is 0 Å². The van der Waals surface area contributed by atoms with E-state index in [4.69, 9.17) is 10.9 Å². The highest BCUT2D eigenvalue weighted by Gasteiger charge is 2.08. The van der Waals surface area contributed by atoms with E-state index < -0.39 is 0 Å². The van der Waals surface area contributed by atoms with Crippen LogP contribution in [0.25, 0.3) is 0 Å². The first kappa shape index (κ1) is 10.0. The van der Waals surface area contributed by atoms with Gasteiger partial charge in [0.1, 0.15) is 5.69 Å². The van der Waals surface area contributed by atoms with E-state index in [2.05, 4.69) is 15.5 Å². The van der Waals surface area contributed by atoms with Crippen LogP contribution in [0.3, 0.4) is 0 Å². The number of oxime groups is 1. The Morgan fingerprint density at radius 2 is 2.57 bits per heavy atom. The normalized spacial score (nSPS) is 11.4. The Hall–Kier alpha value is -2.05. The predicted octanol–water partition coefficient (Wildman–Crippen LogP) is -1.10. The fraction of sp³-hybridized carbons (Fsp3) is 0.286. The number of amidine groups is 1. The van der Waals surface area contributed by atoms with Gasteiger partial charge < -0.3 is 20.8 Å². The van der Waals surface area contributed by atoms with Gasteiger partial charge >= 0.3 is 0 Å². The molecule has 0 aliphatic carbocycles. The van der Waals surface area contributed by atoms with Crippen LogP contribution in [0.2, 0.25) is 0 Å². The molecule has 0 aliphatic heterocycles. The zero-order valence-electron chi connectivity index (χ0n) is 7.64. The first-order chi connectivity index (χ1) is 6.65. The van der Waals surface area contributed by atoms with E-state index >= 15 is 0 Å². The molecule has 1 amide bonds. The van der Waals surface area contributed by atoms with Crippen LogP contribution in [0.4, 0.5) is 0 Å². The minimum Gasteiger partial charge on any atom is -0.409 e. The Bertz CT molecular complexity index is 357. The van der Waals surface area contributed by atoms with Gasteiger partial charge in [0.2, 0.25) is 0 Å². The molecule has 7 nitrogen and oxygen atoms in total. The summed E-state index contributed by atoms with van der Waals surface area (Å²) in [5, 5.41) is 13.4. The van der Waals surface area contributed by atoms with E-state index in [1.807, 2.05) is 0 Å². The number of nitrogens with two attached hydrogens (primary N) is 1. The molecule has 0 radical (unpaired) electrons. The monoisotopic (exact) mass is 197 g/mol. The largest absolute Gasteiger partial charge is 0.409 e. The number of rotatable bonds is 3. The van der Waals surface area contributed by atoms with E-state index in [0.29, 0.717) is 5.69 Å². The fourth-order valence-corrected chi connectivity index (χ4v) is 0.873. The van der Waals surface area contributed by atoms with E-state index in [1.54, 1.807) is 11.6 Å². The third-order valence-electron chi connectivity index (χ3n) is 1.61. The molecule has 0 aliphatic rings. The number of hydrogen-bond acceptors (Lipinski definition) is 4. The number of aromatic nitrogens is 2. The molecule has 76 valence electrons. The molecule has 1 heterocycles. The summed E-state index contributed by atoms with van der Waals surface area (Å²) in [5.74, 6) is -0.378. The molecule has 0 aromatic carbocycles. The lowest BCUT2D eigenvalue weighted by molar-refractivity contribution is 0.0951. The molecule has 0 spiro atoms. The molecule has 4 N–H and O–H groups in total. The quantitative estimate of drug-likeness (QED) is 0.247. The van der Waals surface area contributed by atoms with Crippen molar-refractivity contribution < 1.29 is 10.0 Å². The van der Waals surface area contributed by atoms with Crippen molar-refractivity contribution in [2.24, 2.45) is 17.9 Å². The lowest BCUT2D eigenvalue weighted by Crippen LogP contribution is -2.34. The van der Waals surface area contributed by atoms with Crippen molar-refractivity contribution in [3.63, 3.8) is 0 Å². The van der Waals surface area contributed by atoms with Crippen molar-refractivity contribution in [3.8, 4) is 0 Å². The molecule has 1 rings (SSSR count). The zero-order chi connectivity index (χ0) is 10.6. The lowest BCUT2D eigenvalue weighted by Gasteiger charge is -2.03. The maximum Gasteiger partial charge on any atom is 0.269 e. The summed E-state index contributed by atoms with van der Waals surface area (Å²) in [6, 6.07) is 0. The molecule has 0 saturated heterocycles. The SMILES string of the molecule is Cn1cncc1C(=O)NC/C(N)=N/O. The molecular formula is C7H11N5O2. The van der Waals surface area contributed by atoms with Gasteiger partial charge in [0.15, 0.2) is 5.84 Å². The lowest BCUT2D eigenvalue weighted by atomic mass is 10.4.